The van der Waals surface area contributed by atoms with Gasteiger partial charge in [-0.25, -0.2) is 0 Å². The Morgan fingerprint density at radius 1 is 1.12 bits per heavy atom. The van der Waals surface area contributed by atoms with Crippen LogP contribution in [0.4, 0.5) is 0 Å². The molecule has 2 rings (SSSR count). The van der Waals surface area contributed by atoms with Crippen molar-refractivity contribution in [2.45, 2.75) is 51.6 Å². The van der Waals surface area contributed by atoms with E-state index < -0.39 is 0 Å². The van der Waals surface area contributed by atoms with E-state index in [1.807, 2.05) is 0 Å². The van der Waals surface area contributed by atoms with Gasteiger partial charge in [0.25, 0.3) is 0 Å². The molecule has 2 N–H and O–H groups in total. The van der Waals surface area contributed by atoms with Crippen LogP contribution in [0.25, 0.3) is 0 Å². The fraction of sp³-hybridized carbons (Fsp3) is 1.00. The van der Waals surface area contributed by atoms with E-state index in [9.17, 15) is 0 Å². The van der Waals surface area contributed by atoms with Crippen LogP contribution in [-0.4, -0.2) is 54.6 Å². The van der Waals surface area contributed by atoms with Crippen LogP contribution in [0.15, 0.2) is 0 Å². The van der Waals surface area contributed by atoms with Gasteiger partial charge in [-0.3, -0.25) is 4.90 Å². The molecule has 0 radical (unpaired) electrons. The van der Waals surface area contributed by atoms with Crippen LogP contribution in [0.3, 0.4) is 0 Å². The summed E-state index contributed by atoms with van der Waals surface area (Å²) in [5, 5.41) is 0. The molecule has 100 valence electrons. The summed E-state index contributed by atoms with van der Waals surface area (Å²) in [5.74, 6) is 0.601. The quantitative estimate of drug-likeness (QED) is 0.807. The summed E-state index contributed by atoms with van der Waals surface area (Å²) in [4.78, 5) is 5.29. The lowest BCUT2D eigenvalue weighted by Crippen LogP contribution is -2.43. The Kier molecular flexibility index (Phi) is 4.83. The fourth-order valence-electron chi connectivity index (χ4n) is 3.07. The van der Waals surface area contributed by atoms with E-state index in [-0.39, 0.29) is 0 Å². The van der Waals surface area contributed by atoms with E-state index >= 15 is 0 Å². The minimum Gasteiger partial charge on any atom is -0.326 e. The van der Waals surface area contributed by atoms with Crippen LogP contribution in [0.1, 0.15) is 39.5 Å². The summed E-state index contributed by atoms with van der Waals surface area (Å²) in [6.07, 6.45) is 5.60. The third kappa shape index (κ3) is 3.67. The van der Waals surface area contributed by atoms with Crippen LogP contribution < -0.4 is 5.73 Å². The first-order chi connectivity index (χ1) is 8.16. The van der Waals surface area contributed by atoms with Gasteiger partial charge in [0.2, 0.25) is 0 Å². The molecule has 2 aliphatic rings. The molecule has 2 saturated heterocycles. The Labute approximate surface area is 106 Å². The van der Waals surface area contributed by atoms with Gasteiger partial charge in [0.15, 0.2) is 0 Å². The largest absolute Gasteiger partial charge is 0.326 e. The molecule has 2 unspecified atom stereocenters. The molecule has 0 bridgehead atoms. The number of rotatable bonds is 4. The minimum absolute atomic E-state index is 0.343. The van der Waals surface area contributed by atoms with E-state index in [0.29, 0.717) is 12.0 Å². The third-order valence-electron chi connectivity index (χ3n) is 4.48. The number of nitrogens with two attached hydrogens (primary N) is 1. The SMILES string of the molecule is CC(C)C(N)CN1CCC(N2CCCCC2)C1. The first kappa shape index (κ1) is 13.3. The molecule has 3 nitrogen and oxygen atoms in total. The lowest BCUT2D eigenvalue weighted by molar-refractivity contribution is 0.159. The molecule has 2 aliphatic heterocycles. The molecule has 0 aromatic rings. The number of nitrogens with zero attached hydrogens (tertiary/aromatic N) is 2. The predicted molar refractivity (Wildman–Crippen MR) is 73.1 cm³/mol. The second-order valence-electron chi connectivity index (χ2n) is 6.21. The van der Waals surface area contributed by atoms with Crippen molar-refractivity contribution in [3.8, 4) is 0 Å². The van der Waals surface area contributed by atoms with Gasteiger partial charge in [-0.05, 0) is 44.8 Å². The molecule has 3 heteroatoms. The van der Waals surface area contributed by atoms with Crippen LogP contribution in [0.5, 0.6) is 0 Å². The topological polar surface area (TPSA) is 32.5 Å². The van der Waals surface area contributed by atoms with Gasteiger partial charge in [0.1, 0.15) is 0 Å². The Hall–Kier alpha value is -0.120. The Morgan fingerprint density at radius 3 is 2.47 bits per heavy atom. The summed E-state index contributed by atoms with van der Waals surface area (Å²) in [6.45, 7) is 10.7. The molecule has 0 spiro atoms. The van der Waals surface area contributed by atoms with Crippen LogP contribution >= 0.6 is 0 Å². The predicted octanol–water partition coefficient (Wildman–Crippen LogP) is 1.53. The van der Waals surface area contributed by atoms with Crippen LogP contribution in [0, 0.1) is 5.92 Å². The van der Waals surface area contributed by atoms with E-state index in [4.69, 9.17) is 5.73 Å². The maximum absolute atomic E-state index is 6.16. The van der Waals surface area contributed by atoms with Crippen molar-refractivity contribution in [3.05, 3.63) is 0 Å². The van der Waals surface area contributed by atoms with Gasteiger partial charge < -0.3 is 10.6 Å². The summed E-state index contributed by atoms with van der Waals surface area (Å²) in [6, 6.07) is 1.16. The zero-order chi connectivity index (χ0) is 12.3. The van der Waals surface area contributed by atoms with Gasteiger partial charge >= 0.3 is 0 Å². The molecule has 0 aromatic heterocycles. The van der Waals surface area contributed by atoms with Crippen LogP contribution in [0.2, 0.25) is 0 Å². The lowest BCUT2D eigenvalue weighted by atomic mass is 10.1. The van der Waals surface area contributed by atoms with E-state index in [1.54, 1.807) is 0 Å². The van der Waals surface area contributed by atoms with E-state index in [1.165, 1.54) is 51.9 Å². The first-order valence-corrected chi connectivity index (χ1v) is 7.39. The maximum Gasteiger partial charge on any atom is 0.0235 e. The molecule has 0 amide bonds. The second kappa shape index (κ2) is 6.17. The van der Waals surface area contributed by atoms with Crippen molar-refractivity contribution in [1.29, 1.82) is 0 Å². The first-order valence-electron chi connectivity index (χ1n) is 7.39. The van der Waals surface area contributed by atoms with Crippen molar-refractivity contribution in [2.24, 2.45) is 11.7 Å². The van der Waals surface area contributed by atoms with Gasteiger partial charge in [-0.1, -0.05) is 20.3 Å². The van der Waals surface area contributed by atoms with Gasteiger partial charge in [-0.2, -0.15) is 0 Å². The normalized spacial score (nSPS) is 30.0. The fourth-order valence-corrected chi connectivity index (χ4v) is 3.07. The second-order valence-corrected chi connectivity index (χ2v) is 6.21. The smallest absolute Gasteiger partial charge is 0.0235 e. The molecule has 0 aromatic carbocycles. The highest BCUT2D eigenvalue weighted by Gasteiger charge is 2.29. The van der Waals surface area contributed by atoms with Crippen molar-refractivity contribution >= 4 is 0 Å². The van der Waals surface area contributed by atoms with Crippen molar-refractivity contribution in [2.75, 3.05) is 32.7 Å². The standard InChI is InChI=1S/C14H29N3/c1-12(2)14(15)11-16-9-6-13(10-16)17-7-4-3-5-8-17/h12-14H,3-11,15H2,1-2H3. The summed E-state index contributed by atoms with van der Waals surface area (Å²) >= 11 is 0. The van der Waals surface area contributed by atoms with E-state index in [0.717, 1.165) is 12.6 Å². The number of hydrogen-bond donors (Lipinski definition) is 1. The highest BCUT2D eigenvalue weighted by molar-refractivity contribution is 4.86. The molecule has 0 saturated carbocycles. The number of likely N-dealkylation sites (tertiary alicyclic amines) is 2. The summed E-state index contributed by atoms with van der Waals surface area (Å²) in [7, 11) is 0. The Morgan fingerprint density at radius 2 is 1.82 bits per heavy atom. The monoisotopic (exact) mass is 239 g/mol. The van der Waals surface area contributed by atoms with E-state index in [2.05, 4.69) is 23.6 Å². The molecule has 2 heterocycles. The Balaban J connectivity index is 1.74. The zero-order valence-electron chi connectivity index (χ0n) is 11.6. The van der Waals surface area contributed by atoms with Gasteiger partial charge in [-0.15, -0.1) is 0 Å². The average molecular weight is 239 g/mol. The maximum atomic E-state index is 6.16. The van der Waals surface area contributed by atoms with Crippen molar-refractivity contribution < 1.29 is 0 Å². The molecule has 2 fully saturated rings. The molecule has 17 heavy (non-hydrogen) atoms. The molecular formula is C14H29N3. The Bertz CT molecular complexity index is 224. The number of piperidine rings is 1. The molecular weight excluding hydrogens is 210 g/mol. The number of hydrogen-bond acceptors (Lipinski definition) is 3. The van der Waals surface area contributed by atoms with Crippen molar-refractivity contribution in [3.63, 3.8) is 0 Å². The highest BCUT2D eigenvalue weighted by Crippen LogP contribution is 2.20. The third-order valence-corrected chi connectivity index (χ3v) is 4.48. The lowest BCUT2D eigenvalue weighted by Gasteiger charge is -2.32. The summed E-state index contributed by atoms with van der Waals surface area (Å²) < 4.78 is 0. The van der Waals surface area contributed by atoms with Gasteiger partial charge in [0.05, 0.1) is 0 Å². The molecule has 2 atom stereocenters. The van der Waals surface area contributed by atoms with Crippen molar-refractivity contribution in [1.82, 2.24) is 9.80 Å². The summed E-state index contributed by atoms with van der Waals surface area (Å²) in [5.41, 5.74) is 6.16. The highest BCUT2D eigenvalue weighted by atomic mass is 15.3. The van der Waals surface area contributed by atoms with Crippen LogP contribution in [-0.2, 0) is 0 Å². The van der Waals surface area contributed by atoms with Gasteiger partial charge in [0, 0.05) is 25.2 Å². The zero-order valence-corrected chi connectivity index (χ0v) is 11.6. The molecule has 0 aliphatic carbocycles. The minimum atomic E-state index is 0.343. The average Bonchev–Trinajstić information content (AvgIpc) is 2.78.